The molecule has 0 bridgehead atoms. The highest BCUT2D eigenvalue weighted by atomic mass is 35.5. The molecule has 194 valence electrons. The van der Waals surface area contributed by atoms with Crippen molar-refractivity contribution >= 4 is 34.9 Å². The molecule has 11 heteroatoms. The predicted molar refractivity (Wildman–Crippen MR) is 134 cm³/mol. The number of ether oxygens (including phenoxy) is 1. The van der Waals surface area contributed by atoms with E-state index in [1.54, 1.807) is 41.3 Å². The Morgan fingerprint density at radius 2 is 1.78 bits per heavy atom. The summed E-state index contributed by atoms with van der Waals surface area (Å²) in [5, 5.41) is 3.16. The summed E-state index contributed by atoms with van der Waals surface area (Å²) in [5.41, 5.74) is -0.632. The smallest absolute Gasteiger partial charge is 0.416 e. The van der Waals surface area contributed by atoms with Crippen molar-refractivity contribution in [1.82, 2.24) is 9.88 Å². The minimum absolute atomic E-state index is 0.0693. The molecule has 2 aromatic carbocycles. The van der Waals surface area contributed by atoms with Gasteiger partial charge < -0.3 is 19.9 Å². The van der Waals surface area contributed by atoms with Gasteiger partial charge in [-0.15, -0.1) is 0 Å². The maximum Gasteiger partial charge on any atom is 0.416 e. The molecule has 1 aliphatic rings. The van der Waals surface area contributed by atoms with Crippen molar-refractivity contribution in [3.05, 3.63) is 83.0 Å². The minimum Gasteiger partial charge on any atom is -0.484 e. The zero-order valence-corrected chi connectivity index (χ0v) is 20.4. The Labute approximate surface area is 216 Å². The van der Waals surface area contributed by atoms with Gasteiger partial charge in [-0.1, -0.05) is 17.7 Å². The minimum atomic E-state index is -4.53. The Morgan fingerprint density at radius 1 is 1.00 bits per heavy atom. The summed E-state index contributed by atoms with van der Waals surface area (Å²) < 4.78 is 44.3. The SMILES string of the molecule is O=C(Nc1ccc(N2CCCN(C(=O)COc3ccc(Cl)cc3)CC2)nc1)c1cccc(C(F)(F)F)c1. The molecule has 0 spiro atoms. The first kappa shape index (κ1) is 26.3. The third kappa shape index (κ3) is 7.13. The van der Waals surface area contributed by atoms with Gasteiger partial charge in [-0.2, -0.15) is 13.2 Å². The summed E-state index contributed by atoms with van der Waals surface area (Å²) in [5.74, 6) is 0.463. The van der Waals surface area contributed by atoms with Crippen LogP contribution in [-0.2, 0) is 11.0 Å². The average molecular weight is 533 g/mol. The number of hydrogen-bond acceptors (Lipinski definition) is 5. The second-order valence-corrected chi connectivity index (χ2v) is 8.84. The van der Waals surface area contributed by atoms with Crippen LogP contribution in [0.25, 0.3) is 0 Å². The van der Waals surface area contributed by atoms with Crippen molar-refractivity contribution in [1.29, 1.82) is 0 Å². The standard InChI is InChI=1S/C26H24ClF3N4O3/c27-20-5-8-22(9-6-20)37-17-24(35)34-12-2-11-33(13-14-34)23-10-7-21(16-31-23)32-25(36)18-3-1-4-19(15-18)26(28,29)30/h1,3-10,15-16H,2,11-14,17H2,(H,32,36). The molecule has 7 nitrogen and oxygen atoms in total. The van der Waals surface area contributed by atoms with Gasteiger partial charge in [0.15, 0.2) is 6.61 Å². The number of nitrogens with zero attached hydrogens (tertiary/aromatic N) is 3. The lowest BCUT2D eigenvalue weighted by Gasteiger charge is -2.23. The quantitative estimate of drug-likeness (QED) is 0.477. The van der Waals surface area contributed by atoms with Crippen LogP contribution < -0.4 is 15.0 Å². The molecule has 1 N–H and O–H groups in total. The van der Waals surface area contributed by atoms with E-state index in [0.717, 1.165) is 18.6 Å². The molecule has 0 saturated carbocycles. The fourth-order valence-electron chi connectivity index (χ4n) is 3.85. The number of rotatable bonds is 6. The third-order valence-electron chi connectivity index (χ3n) is 5.81. The summed E-state index contributed by atoms with van der Waals surface area (Å²) in [4.78, 5) is 33.2. The summed E-state index contributed by atoms with van der Waals surface area (Å²) in [7, 11) is 0. The largest absolute Gasteiger partial charge is 0.484 e. The summed E-state index contributed by atoms with van der Waals surface area (Å²) in [6, 6.07) is 14.4. The van der Waals surface area contributed by atoms with Gasteiger partial charge in [0.2, 0.25) is 0 Å². The highest BCUT2D eigenvalue weighted by Crippen LogP contribution is 2.29. The van der Waals surface area contributed by atoms with Crippen molar-refractivity contribution in [2.24, 2.45) is 0 Å². The number of aromatic nitrogens is 1. The zero-order valence-electron chi connectivity index (χ0n) is 19.7. The predicted octanol–water partition coefficient (Wildman–Crippen LogP) is 5.12. The van der Waals surface area contributed by atoms with E-state index in [0.29, 0.717) is 48.5 Å². The van der Waals surface area contributed by atoms with Crippen molar-refractivity contribution < 1.29 is 27.5 Å². The molecule has 37 heavy (non-hydrogen) atoms. The molecule has 1 aliphatic heterocycles. The molecule has 4 rings (SSSR count). The van der Waals surface area contributed by atoms with Gasteiger partial charge in [-0.25, -0.2) is 4.98 Å². The number of halogens is 4. The lowest BCUT2D eigenvalue weighted by atomic mass is 10.1. The molecule has 1 aromatic heterocycles. The first-order chi connectivity index (χ1) is 17.7. The number of alkyl halides is 3. The van der Waals surface area contributed by atoms with E-state index >= 15 is 0 Å². The number of carbonyl (C=O) groups excluding carboxylic acids is 2. The molecular formula is C26H24ClF3N4O3. The van der Waals surface area contributed by atoms with Gasteiger partial charge >= 0.3 is 6.18 Å². The van der Waals surface area contributed by atoms with Crippen LogP contribution in [-0.4, -0.2) is 54.5 Å². The summed E-state index contributed by atoms with van der Waals surface area (Å²) in [6.07, 6.45) is -2.34. The van der Waals surface area contributed by atoms with Crippen LogP contribution >= 0.6 is 11.6 Å². The van der Waals surface area contributed by atoms with Gasteiger partial charge in [0.05, 0.1) is 17.4 Å². The second-order valence-electron chi connectivity index (χ2n) is 8.40. The third-order valence-corrected chi connectivity index (χ3v) is 6.06. The molecule has 0 radical (unpaired) electrons. The van der Waals surface area contributed by atoms with Crippen LogP contribution in [0, 0.1) is 0 Å². The van der Waals surface area contributed by atoms with Crippen molar-refractivity contribution in [3.8, 4) is 5.75 Å². The highest BCUT2D eigenvalue weighted by Gasteiger charge is 2.31. The van der Waals surface area contributed by atoms with Crippen LogP contribution in [0.2, 0.25) is 5.02 Å². The van der Waals surface area contributed by atoms with Crippen LogP contribution in [0.4, 0.5) is 24.7 Å². The van der Waals surface area contributed by atoms with Crippen molar-refractivity contribution in [3.63, 3.8) is 0 Å². The number of amides is 2. The number of benzene rings is 2. The van der Waals surface area contributed by atoms with Gasteiger partial charge in [-0.3, -0.25) is 9.59 Å². The Morgan fingerprint density at radius 3 is 2.49 bits per heavy atom. The normalized spacial score (nSPS) is 14.2. The van der Waals surface area contributed by atoms with Crippen molar-refractivity contribution in [2.45, 2.75) is 12.6 Å². The number of pyridine rings is 1. The molecule has 0 unspecified atom stereocenters. The van der Waals surface area contributed by atoms with Gasteiger partial charge in [-0.05, 0) is 61.0 Å². The summed E-state index contributed by atoms with van der Waals surface area (Å²) >= 11 is 5.86. The van der Waals surface area contributed by atoms with Crippen molar-refractivity contribution in [2.75, 3.05) is 43.0 Å². The van der Waals surface area contributed by atoms with E-state index in [1.807, 2.05) is 4.90 Å². The van der Waals surface area contributed by atoms with E-state index < -0.39 is 17.6 Å². The van der Waals surface area contributed by atoms with Gasteiger partial charge in [0.1, 0.15) is 11.6 Å². The lowest BCUT2D eigenvalue weighted by Crippen LogP contribution is -2.38. The molecule has 1 saturated heterocycles. The Bertz CT molecular complexity index is 1240. The molecule has 3 aromatic rings. The van der Waals surface area contributed by atoms with Crippen LogP contribution in [0.1, 0.15) is 22.3 Å². The first-order valence-corrected chi connectivity index (χ1v) is 11.9. The fourth-order valence-corrected chi connectivity index (χ4v) is 3.98. The molecule has 2 heterocycles. The molecule has 0 atom stereocenters. The van der Waals surface area contributed by atoms with E-state index in [9.17, 15) is 22.8 Å². The van der Waals surface area contributed by atoms with E-state index in [-0.39, 0.29) is 18.1 Å². The average Bonchev–Trinajstić information content (AvgIpc) is 3.15. The van der Waals surface area contributed by atoms with Gasteiger partial charge in [0, 0.05) is 36.8 Å². The number of hydrogen-bond donors (Lipinski definition) is 1. The lowest BCUT2D eigenvalue weighted by molar-refractivity contribution is -0.137. The molecule has 0 aliphatic carbocycles. The van der Waals surface area contributed by atoms with Crippen LogP contribution in [0.5, 0.6) is 5.75 Å². The first-order valence-electron chi connectivity index (χ1n) is 11.5. The van der Waals surface area contributed by atoms with Crippen LogP contribution in [0.15, 0.2) is 66.9 Å². The Kier molecular flexibility index (Phi) is 8.17. The second kappa shape index (κ2) is 11.5. The van der Waals surface area contributed by atoms with E-state index in [2.05, 4.69) is 10.3 Å². The fraction of sp³-hybridized carbons (Fsp3) is 0.269. The van der Waals surface area contributed by atoms with E-state index in [4.69, 9.17) is 16.3 Å². The number of carbonyl (C=O) groups is 2. The summed E-state index contributed by atoms with van der Waals surface area (Å²) in [6.45, 7) is 2.27. The molecule has 2 amide bonds. The maximum atomic E-state index is 12.9. The topological polar surface area (TPSA) is 74.8 Å². The highest BCUT2D eigenvalue weighted by molar-refractivity contribution is 6.30. The number of nitrogens with one attached hydrogen (secondary N) is 1. The number of anilines is 2. The van der Waals surface area contributed by atoms with E-state index in [1.165, 1.54) is 18.3 Å². The zero-order chi connectivity index (χ0) is 26.4. The van der Waals surface area contributed by atoms with Gasteiger partial charge in [0.25, 0.3) is 11.8 Å². The molecular weight excluding hydrogens is 509 g/mol. The monoisotopic (exact) mass is 532 g/mol. The molecule has 1 fully saturated rings. The van der Waals surface area contributed by atoms with Crippen LogP contribution in [0.3, 0.4) is 0 Å². The Balaban J connectivity index is 1.30. The maximum absolute atomic E-state index is 12.9. The Hall–Kier alpha value is -3.79.